The van der Waals surface area contributed by atoms with Crippen LogP contribution in [0.3, 0.4) is 0 Å². The van der Waals surface area contributed by atoms with Crippen LogP contribution in [0.2, 0.25) is 25.7 Å². The number of halogens is 1. The lowest BCUT2D eigenvalue weighted by Gasteiger charge is -2.25. The van der Waals surface area contributed by atoms with E-state index in [4.69, 9.17) is 21.1 Å². The molecule has 0 amide bonds. The molecule has 41 heavy (non-hydrogen) atoms. The summed E-state index contributed by atoms with van der Waals surface area (Å²) in [6, 6.07) is 14.4. The number of benzene rings is 2. The minimum Gasteiger partial charge on any atom is -0.377 e. The average molecular weight is 601 g/mol. The summed E-state index contributed by atoms with van der Waals surface area (Å²) in [7, 11) is -1.07. The number of carbonyl (C=O) groups excluding carboxylic acids is 1. The Kier molecular flexibility index (Phi) is 17.3. The van der Waals surface area contributed by atoms with Gasteiger partial charge in [0.1, 0.15) is 0 Å². The number of rotatable bonds is 16. The molecule has 0 heterocycles. The summed E-state index contributed by atoms with van der Waals surface area (Å²) < 4.78 is 11.9. The Morgan fingerprint density at radius 1 is 1.05 bits per heavy atom. The highest BCUT2D eigenvalue weighted by molar-refractivity contribution is 6.76. The largest absolute Gasteiger partial charge is 0.377 e. The van der Waals surface area contributed by atoms with Crippen molar-refractivity contribution in [2.24, 2.45) is 0 Å². The highest BCUT2D eigenvalue weighted by Crippen LogP contribution is 2.22. The zero-order valence-electron chi connectivity index (χ0n) is 26.6. The third-order valence-electron chi connectivity index (χ3n) is 6.32. The second kappa shape index (κ2) is 19.2. The van der Waals surface area contributed by atoms with Gasteiger partial charge >= 0.3 is 0 Å². The normalized spacial score (nSPS) is 12.9. The van der Waals surface area contributed by atoms with Crippen LogP contribution >= 0.6 is 11.6 Å². The summed E-state index contributed by atoms with van der Waals surface area (Å²) in [5, 5.41) is 9.69. The Hall–Kier alpha value is -2.02. The molecule has 0 aliphatic rings. The smallest absolute Gasteiger partial charge is 0.252 e. The van der Waals surface area contributed by atoms with Crippen LogP contribution in [-0.2, 0) is 16.1 Å². The molecule has 0 aliphatic heterocycles. The first kappa shape index (κ1) is 37.0. The molecule has 0 spiro atoms. The molecule has 0 unspecified atom stereocenters. The van der Waals surface area contributed by atoms with Crippen LogP contribution in [0.4, 0.5) is 0 Å². The van der Waals surface area contributed by atoms with Gasteiger partial charge < -0.3 is 14.6 Å². The van der Waals surface area contributed by atoms with Crippen molar-refractivity contribution in [1.82, 2.24) is 0 Å². The van der Waals surface area contributed by atoms with Gasteiger partial charge in [0.15, 0.2) is 5.79 Å². The molecular formula is C35H53ClO4Si. The number of aryl methyl sites for hydroxylation is 2. The minimum atomic E-state index is -1.11. The third kappa shape index (κ3) is 18.2. The maximum Gasteiger partial charge on any atom is 0.252 e. The van der Waals surface area contributed by atoms with Gasteiger partial charge in [-0.15, -0.1) is 0 Å². The zero-order chi connectivity index (χ0) is 30.9. The highest BCUT2D eigenvalue weighted by Gasteiger charge is 2.19. The van der Waals surface area contributed by atoms with Crippen molar-refractivity contribution >= 4 is 31.0 Å². The van der Waals surface area contributed by atoms with Crippen LogP contribution in [0.1, 0.15) is 85.5 Å². The molecule has 2 aromatic carbocycles. The molecule has 1 atom stereocenters. The van der Waals surface area contributed by atoms with Crippen LogP contribution in [0.25, 0.3) is 6.08 Å². The molecule has 2 aromatic rings. The van der Waals surface area contributed by atoms with Gasteiger partial charge in [-0.05, 0) is 87.7 Å². The van der Waals surface area contributed by atoms with Crippen molar-refractivity contribution < 1.29 is 19.4 Å². The second-order valence-electron chi connectivity index (χ2n) is 12.3. The molecule has 0 saturated carbocycles. The number of aliphatic hydroxyl groups is 1. The fourth-order valence-electron chi connectivity index (χ4n) is 4.16. The first-order valence-corrected chi connectivity index (χ1v) is 18.9. The fourth-order valence-corrected chi connectivity index (χ4v) is 5.04. The summed E-state index contributed by atoms with van der Waals surface area (Å²) in [6.07, 6.45) is 13.7. The molecule has 6 heteroatoms. The van der Waals surface area contributed by atoms with Gasteiger partial charge in [-0.2, -0.15) is 0 Å². The summed E-state index contributed by atoms with van der Waals surface area (Å²) in [6.45, 7) is 18.6. The Morgan fingerprint density at radius 3 is 2.29 bits per heavy atom. The van der Waals surface area contributed by atoms with Crippen LogP contribution in [0.5, 0.6) is 0 Å². The molecule has 0 bridgehead atoms. The molecule has 0 aliphatic carbocycles. The van der Waals surface area contributed by atoms with Gasteiger partial charge in [-0.25, -0.2) is 0 Å². The number of hydrogen-bond acceptors (Lipinski definition) is 4. The van der Waals surface area contributed by atoms with Gasteiger partial charge in [0.2, 0.25) is 0 Å². The van der Waals surface area contributed by atoms with Crippen molar-refractivity contribution in [3.05, 3.63) is 88.5 Å². The number of ether oxygens (including phenoxy) is 2. The summed E-state index contributed by atoms with van der Waals surface area (Å²) >= 11 is 5.16. The minimum absolute atomic E-state index is 0.0105. The van der Waals surface area contributed by atoms with Gasteiger partial charge in [-0.3, -0.25) is 4.79 Å². The predicted octanol–water partition coefficient (Wildman–Crippen LogP) is 9.88. The SMILES string of the molecule is CCC/C=C\C[C@H](CC/C=C/c1cc(C)cc(C)c1COCC[Si](C)(C)C)OC(C)(C)O.O=C(Cl)c1ccccc1. The van der Waals surface area contributed by atoms with Crippen LogP contribution < -0.4 is 0 Å². The van der Waals surface area contributed by atoms with E-state index < -0.39 is 19.1 Å². The first-order valence-electron chi connectivity index (χ1n) is 14.9. The Balaban J connectivity index is 0.000000787. The molecule has 1 N–H and O–H groups in total. The van der Waals surface area contributed by atoms with E-state index in [1.54, 1.807) is 38.1 Å². The third-order valence-corrected chi connectivity index (χ3v) is 8.25. The number of allylic oxidation sites excluding steroid dienone is 2. The lowest BCUT2D eigenvalue weighted by molar-refractivity contribution is -0.205. The van der Waals surface area contributed by atoms with Gasteiger partial charge in [0, 0.05) is 20.2 Å². The molecule has 0 aromatic heterocycles. The Bertz CT molecular complexity index is 1080. The van der Waals surface area contributed by atoms with Crippen molar-refractivity contribution in [2.45, 2.75) is 111 Å². The Labute approximate surface area is 255 Å². The van der Waals surface area contributed by atoms with E-state index in [-0.39, 0.29) is 6.10 Å². The quantitative estimate of drug-likeness (QED) is 0.0684. The standard InChI is InChI=1S/C28H48O3Si.C7H5ClO/c1-9-10-11-12-16-26(31-28(4,5)29)17-14-13-15-25-21-23(2)20-24(3)27(25)22-30-18-19-32(6,7)8;8-7(9)6-4-2-1-3-5-6/h11-13,15,20-21,26,29H,9-10,14,16-19,22H2,1-8H3;1-5H/b12-11-,15-13+;/t26-;/m1./s1. The summed E-state index contributed by atoms with van der Waals surface area (Å²) in [5.74, 6) is -1.11. The van der Waals surface area contributed by atoms with Crippen molar-refractivity contribution in [2.75, 3.05) is 6.61 Å². The molecule has 4 nitrogen and oxygen atoms in total. The molecule has 0 fully saturated rings. The number of hydrogen-bond donors (Lipinski definition) is 1. The average Bonchev–Trinajstić information content (AvgIpc) is 2.87. The molecule has 0 saturated heterocycles. The summed E-state index contributed by atoms with van der Waals surface area (Å²) in [5.41, 5.74) is 5.64. The first-order chi connectivity index (χ1) is 19.2. The maximum absolute atomic E-state index is 10.4. The fraction of sp³-hybridized carbons (Fsp3) is 0.514. The predicted molar refractivity (Wildman–Crippen MR) is 178 cm³/mol. The van der Waals surface area contributed by atoms with Crippen LogP contribution in [-0.4, -0.2) is 36.9 Å². The topological polar surface area (TPSA) is 55.8 Å². The molecular weight excluding hydrogens is 548 g/mol. The van der Waals surface area contributed by atoms with E-state index in [1.165, 1.54) is 28.3 Å². The zero-order valence-corrected chi connectivity index (χ0v) is 28.4. The van der Waals surface area contributed by atoms with Crippen LogP contribution in [0, 0.1) is 13.8 Å². The lowest BCUT2D eigenvalue weighted by Crippen LogP contribution is -2.29. The van der Waals surface area contributed by atoms with Crippen molar-refractivity contribution in [3.8, 4) is 0 Å². The van der Waals surface area contributed by atoms with E-state index >= 15 is 0 Å². The van der Waals surface area contributed by atoms with E-state index in [9.17, 15) is 9.90 Å². The summed E-state index contributed by atoms with van der Waals surface area (Å²) in [4.78, 5) is 10.4. The number of carbonyl (C=O) groups is 1. The molecule has 228 valence electrons. The lowest BCUT2D eigenvalue weighted by atomic mass is 9.98. The van der Waals surface area contributed by atoms with E-state index in [0.717, 1.165) is 38.7 Å². The Morgan fingerprint density at radius 2 is 1.73 bits per heavy atom. The highest BCUT2D eigenvalue weighted by atomic mass is 35.5. The van der Waals surface area contributed by atoms with Crippen molar-refractivity contribution in [1.29, 1.82) is 0 Å². The van der Waals surface area contributed by atoms with Gasteiger partial charge in [-0.1, -0.05) is 105 Å². The van der Waals surface area contributed by atoms with Crippen molar-refractivity contribution in [3.63, 3.8) is 0 Å². The number of unbranched alkanes of at least 4 members (excludes halogenated alkanes) is 1. The van der Waals surface area contributed by atoms with E-state index in [2.05, 4.69) is 76.8 Å². The van der Waals surface area contributed by atoms with Gasteiger partial charge in [0.25, 0.3) is 5.24 Å². The molecule has 2 rings (SSSR count). The van der Waals surface area contributed by atoms with E-state index in [1.807, 2.05) is 6.07 Å². The van der Waals surface area contributed by atoms with Crippen LogP contribution in [0.15, 0.2) is 60.7 Å². The molecule has 0 radical (unpaired) electrons. The second-order valence-corrected chi connectivity index (χ2v) is 18.3. The van der Waals surface area contributed by atoms with E-state index in [0.29, 0.717) is 12.2 Å². The van der Waals surface area contributed by atoms with Gasteiger partial charge in [0.05, 0.1) is 12.7 Å². The maximum atomic E-state index is 10.4. The monoisotopic (exact) mass is 600 g/mol.